The SMILES string of the molecule is CC(C)(C)c1ccc(N2c3cc4c(cc3B3c5ccccc5[Se]c5cc(N(c6ccccc6)c6ccccc6)cc2c53)B2c3ccccc3[Se]c3cc(N(c5ccccc5)c5ccccc5)cc(c32)N4c2ccc(C(C)(C)C)cc2)cc1. The molecule has 0 aromatic heterocycles. The van der Waals surface area contributed by atoms with Gasteiger partial charge in [-0.05, 0) is 0 Å². The number of rotatable bonds is 8. The third-order valence-corrected chi connectivity index (χ3v) is 21.8. The van der Waals surface area contributed by atoms with Gasteiger partial charge >= 0.3 is 500 Å². The van der Waals surface area contributed by atoms with Gasteiger partial charge < -0.3 is 0 Å². The van der Waals surface area contributed by atoms with Crippen molar-refractivity contribution in [2.75, 3.05) is 19.6 Å². The van der Waals surface area contributed by atoms with Crippen molar-refractivity contribution in [3.05, 3.63) is 266 Å². The van der Waals surface area contributed by atoms with E-state index in [4.69, 9.17) is 0 Å². The van der Waals surface area contributed by atoms with Gasteiger partial charge in [0, 0.05) is 0 Å². The molecule has 4 aliphatic heterocycles. The van der Waals surface area contributed by atoms with Gasteiger partial charge in [-0.15, -0.1) is 0 Å². The first-order valence-corrected chi connectivity index (χ1v) is 32.1. The average Bonchev–Trinajstić information content (AvgIpc) is 1.70. The molecule has 0 spiro atoms. The predicted molar refractivity (Wildman–Crippen MR) is 355 cm³/mol. The molecule has 0 unspecified atom stereocenters. The maximum absolute atomic E-state index is 2.68. The van der Waals surface area contributed by atoms with E-state index in [1.54, 1.807) is 0 Å². The van der Waals surface area contributed by atoms with Gasteiger partial charge in [0.05, 0.1) is 0 Å². The van der Waals surface area contributed by atoms with E-state index < -0.39 is 0 Å². The molecule has 394 valence electrons. The molecule has 82 heavy (non-hydrogen) atoms. The first-order chi connectivity index (χ1) is 39.9. The second kappa shape index (κ2) is 19.8. The molecule has 0 saturated heterocycles. The molecule has 0 aliphatic carbocycles. The predicted octanol–water partition coefficient (Wildman–Crippen LogP) is 11.8. The molecule has 0 saturated carbocycles. The van der Waals surface area contributed by atoms with Gasteiger partial charge in [0.25, 0.3) is 0 Å². The van der Waals surface area contributed by atoms with Crippen LogP contribution >= 0.6 is 0 Å². The van der Waals surface area contributed by atoms with Crippen LogP contribution in [0.4, 0.5) is 68.2 Å². The van der Waals surface area contributed by atoms with Crippen LogP contribution in [0.3, 0.4) is 0 Å². The summed E-state index contributed by atoms with van der Waals surface area (Å²) in [6.45, 7) is 13.9. The third kappa shape index (κ3) is 8.49. The zero-order valence-corrected chi connectivity index (χ0v) is 50.4. The Labute approximate surface area is 496 Å². The van der Waals surface area contributed by atoms with Crippen molar-refractivity contribution in [1.82, 2.24) is 0 Å². The van der Waals surface area contributed by atoms with Crippen LogP contribution in [0.5, 0.6) is 0 Å². The van der Waals surface area contributed by atoms with Crippen LogP contribution in [-0.2, 0) is 10.8 Å². The van der Waals surface area contributed by atoms with Crippen LogP contribution in [0.1, 0.15) is 52.7 Å². The summed E-state index contributed by atoms with van der Waals surface area (Å²) >= 11 is 0.0814. The van der Waals surface area contributed by atoms with Crippen LogP contribution in [-0.4, -0.2) is 43.3 Å². The Balaban J connectivity index is 1.04. The van der Waals surface area contributed by atoms with Crippen molar-refractivity contribution in [2.24, 2.45) is 0 Å². The van der Waals surface area contributed by atoms with Gasteiger partial charge in [-0.1, -0.05) is 0 Å². The number of para-hydroxylation sites is 4. The van der Waals surface area contributed by atoms with E-state index in [1.807, 2.05) is 0 Å². The Kier molecular flexibility index (Phi) is 12.2. The minimum absolute atomic E-state index is 0.00860. The zero-order chi connectivity index (χ0) is 55.4. The summed E-state index contributed by atoms with van der Waals surface area (Å²) in [5.41, 5.74) is 25.0. The van der Waals surface area contributed by atoms with Gasteiger partial charge in [0.15, 0.2) is 0 Å². The molecule has 8 heteroatoms. The fourth-order valence-electron chi connectivity index (χ4n) is 13.1. The minimum atomic E-state index is -0.0119. The van der Waals surface area contributed by atoms with E-state index in [0.717, 1.165) is 45.5 Å². The Bertz CT molecular complexity index is 3910. The van der Waals surface area contributed by atoms with Gasteiger partial charge in [0.2, 0.25) is 0 Å². The standard InChI is InChI=1S/C74H60B2N4Se2/c1-73(2,3)49-35-39-55(40-36-49)79-63-48-64-62(47-61(63)75-59-31-19-21-33-67(59)81-69-45-57(43-65(79)71(69)75)77(51-23-11-7-12-24-51)52-25-13-8-14-26-52)76-60-32-20-22-34-68(60)82-70-46-58(78(53-27-15-9-16-28-53)54-29-17-10-18-30-54)44-66(72(70)76)80(64)56-41-37-50(38-42-56)74(4,5)6/h7-48H,1-6H3. The molecule has 15 rings (SSSR count). The molecule has 4 nitrogen and oxygen atoms in total. The Morgan fingerprint density at radius 1 is 0.293 bits per heavy atom. The third-order valence-electron chi connectivity index (χ3n) is 17.0. The molecular weight excluding hydrogens is 1120 g/mol. The first kappa shape index (κ1) is 50.7. The molecule has 4 aliphatic rings. The van der Waals surface area contributed by atoms with Crippen molar-refractivity contribution in [3.63, 3.8) is 0 Å². The van der Waals surface area contributed by atoms with Crippen LogP contribution in [0.25, 0.3) is 0 Å². The molecule has 4 heterocycles. The first-order valence-electron chi connectivity index (χ1n) is 28.6. The summed E-state index contributed by atoms with van der Waals surface area (Å²) in [4.78, 5) is 10.2. The summed E-state index contributed by atoms with van der Waals surface area (Å²) in [5, 5.41) is 0. The quantitative estimate of drug-likeness (QED) is 0.141. The maximum atomic E-state index is 2.68. The second-order valence-electron chi connectivity index (χ2n) is 24.1. The normalized spacial score (nSPS) is 13.5. The van der Waals surface area contributed by atoms with Crippen LogP contribution in [0.2, 0.25) is 0 Å². The van der Waals surface area contributed by atoms with Gasteiger partial charge in [0.1, 0.15) is 0 Å². The molecule has 0 N–H and O–H groups in total. The van der Waals surface area contributed by atoms with Crippen molar-refractivity contribution in [3.8, 4) is 0 Å². The van der Waals surface area contributed by atoms with Crippen molar-refractivity contribution >= 4 is 162 Å². The number of hydrogen-bond donors (Lipinski definition) is 0. The Hall–Kier alpha value is -8.21. The summed E-state index contributed by atoms with van der Waals surface area (Å²) in [6.07, 6.45) is 0. The van der Waals surface area contributed by atoms with E-state index in [2.05, 4.69) is 316 Å². The summed E-state index contributed by atoms with van der Waals surface area (Å²) in [6, 6.07) is 96.8. The fourth-order valence-corrected chi connectivity index (χ4v) is 18.1. The number of anilines is 12. The van der Waals surface area contributed by atoms with Gasteiger partial charge in [-0.25, -0.2) is 0 Å². The van der Waals surface area contributed by atoms with Crippen molar-refractivity contribution in [1.29, 1.82) is 0 Å². The molecule has 0 fully saturated rings. The van der Waals surface area contributed by atoms with E-state index in [0.29, 0.717) is 0 Å². The number of fused-ring (bicyclic) bond motifs is 8. The van der Waals surface area contributed by atoms with E-state index >= 15 is 0 Å². The molecule has 0 amide bonds. The Morgan fingerprint density at radius 2 is 0.622 bits per heavy atom. The second-order valence-corrected chi connectivity index (χ2v) is 28.7. The van der Waals surface area contributed by atoms with Gasteiger partial charge in [-0.2, -0.15) is 0 Å². The van der Waals surface area contributed by atoms with Crippen LogP contribution in [0.15, 0.2) is 255 Å². The van der Waals surface area contributed by atoms with Gasteiger partial charge in [-0.3, -0.25) is 0 Å². The van der Waals surface area contributed by atoms with Crippen molar-refractivity contribution in [2.45, 2.75) is 52.4 Å². The zero-order valence-electron chi connectivity index (χ0n) is 47.0. The molecule has 11 aromatic carbocycles. The average molecular weight is 1180 g/mol. The molecule has 11 aromatic rings. The number of benzene rings is 11. The van der Waals surface area contributed by atoms with Crippen LogP contribution in [0, 0.1) is 0 Å². The fraction of sp³-hybridized carbons (Fsp3) is 0.108. The monoisotopic (exact) mass is 1190 g/mol. The molecule has 0 radical (unpaired) electrons. The summed E-state index contributed by atoms with van der Waals surface area (Å²) < 4.78 is 5.74. The van der Waals surface area contributed by atoms with E-state index in [9.17, 15) is 0 Å². The summed E-state index contributed by atoms with van der Waals surface area (Å²) in [7, 11) is 0. The summed E-state index contributed by atoms with van der Waals surface area (Å²) in [5.74, 6) is 0. The van der Waals surface area contributed by atoms with E-state index in [1.165, 1.54) is 84.5 Å². The Morgan fingerprint density at radius 3 is 0.963 bits per heavy atom. The molecule has 0 atom stereocenters. The number of nitrogens with zero attached hydrogens (tertiary/aromatic N) is 4. The van der Waals surface area contributed by atoms with Crippen LogP contribution < -0.4 is 70.2 Å². The topological polar surface area (TPSA) is 13.0 Å². The van der Waals surface area contributed by atoms with E-state index in [-0.39, 0.29) is 54.2 Å². The number of hydrogen-bond acceptors (Lipinski definition) is 4. The van der Waals surface area contributed by atoms with Crippen molar-refractivity contribution < 1.29 is 0 Å². The molecular formula is C74H60B2N4Se2. The molecule has 0 bridgehead atoms.